The summed E-state index contributed by atoms with van der Waals surface area (Å²) in [7, 11) is -2.21. The first-order valence-corrected chi connectivity index (χ1v) is 30.0. The smallest absolute Gasteiger partial charge is 0.0613 e. The van der Waals surface area contributed by atoms with Gasteiger partial charge in [-0.1, -0.05) is 218 Å². The number of aromatic nitrogens is 2. The van der Waals surface area contributed by atoms with E-state index in [4.69, 9.17) is 0 Å². The number of allylic oxidation sites excluding steroid dienone is 5. The highest BCUT2D eigenvalue weighted by atomic mass is 32.3. The third-order valence-electron chi connectivity index (χ3n) is 16.7. The van der Waals surface area contributed by atoms with Gasteiger partial charge in [0.15, 0.2) is 0 Å². The minimum absolute atomic E-state index is 0.601. The first-order chi connectivity index (χ1) is 40.7. The van der Waals surface area contributed by atoms with Crippen LogP contribution in [0.2, 0.25) is 0 Å². The summed E-state index contributed by atoms with van der Waals surface area (Å²) < 4.78 is 5.14. The van der Waals surface area contributed by atoms with Crippen LogP contribution in [0, 0.1) is 11.8 Å². The molecule has 2 nitrogen and oxygen atoms in total. The van der Waals surface area contributed by atoms with Crippen LogP contribution in [0.25, 0.3) is 94.7 Å². The Morgan fingerprint density at radius 1 is 0.354 bits per heavy atom. The molecular formula is C79H56N2S. The zero-order valence-electron chi connectivity index (χ0n) is 45.3. The molecule has 15 rings (SSSR count). The molecule has 0 amide bonds. The van der Waals surface area contributed by atoms with E-state index in [0.29, 0.717) is 6.42 Å². The van der Waals surface area contributed by atoms with E-state index in [1.807, 2.05) is 6.08 Å². The van der Waals surface area contributed by atoms with Gasteiger partial charge in [0.2, 0.25) is 0 Å². The molecule has 2 aliphatic carbocycles. The standard InChI is InChI=1S/C79H56N2S/c1-2-10-33-59(32-9-1)70-54-68(82(65-37-19-7-20-38-65,66-39-21-8-22-40-66)67-41-25-36-61(50-67)56-26-11-3-12-27-56)55-71(60-34-17-6-18-35-60)79(70)81-77-48-45-63(58-30-15-5-16-31-58)52-73(77)74-53-64(46-49-78(74)81)80-75-43-24-23-42-69(75)72-51-62(44-47-76(72)80)57-28-13-4-14-29-57/h1,3-9,11-32,34-44,46-47,49-55H,33,45,48H2. The summed E-state index contributed by atoms with van der Waals surface area (Å²) >= 11 is 0. The third-order valence-corrected chi connectivity index (χ3v) is 20.5. The normalized spacial score (nSPS) is 13.3. The Hall–Kier alpha value is -10.1. The second kappa shape index (κ2) is 20.8. The molecule has 0 bridgehead atoms. The summed E-state index contributed by atoms with van der Waals surface area (Å²) in [5.41, 5.74) is 20.6. The molecule has 13 aromatic rings. The van der Waals surface area contributed by atoms with Crippen LogP contribution < -0.4 is 0 Å². The van der Waals surface area contributed by atoms with Crippen LogP contribution in [0.15, 0.2) is 317 Å². The fraction of sp³-hybridized carbons (Fsp3) is 0.0380. The van der Waals surface area contributed by atoms with Crippen LogP contribution in [-0.4, -0.2) is 9.13 Å². The molecule has 0 atom stereocenters. The first kappa shape index (κ1) is 49.0. The van der Waals surface area contributed by atoms with E-state index in [-0.39, 0.29) is 0 Å². The predicted octanol–water partition coefficient (Wildman–Crippen LogP) is 20.9. The van der Waals surface area contributed by atoms with E-state index < -0.39 is 10.0 Å². The maximum Gasteiger partial charge on any atom is 0.0613 e. The van der Waals surface area contributed by atoms with Crippen LogP contribution >= 0.6 is 10.0 Å². The SMILES string of the molecule is C1#CCC(c2cc(S(c3ccccc3)(c3ccccc3)c3cccc(-c4ccccc4)c3)cc(-c3ccccc3)c2-n2c3c(c4cc(-n5c6ccccc6c6cc(-c7ccccc7)ccc65)ccc42)C=C(c2ccccc2)CC3)=CC=C1. The molecule has 2 heterocycles. The van der Waals surface area contributed by atoms with Crippen molar-refractivity contribution < 1.29 is 0 Å². The van der Waals surface area contributed by atoms with Gasteiger partial charge >= 0.3 is 0 Å². The molecule has 0 saturated heterocycles. The molecule has 0 N–H and O–H groups in total. The van der Waals surface area contributed by atoms with Gasteiger partial charge in [0.05, 0.1) is 22.2 Å². The van der Waals surface area contributed by atoms with Crippen LogP contribution in [0.1, 0.15) is 35.2 Å². The lowest BCUT2D eigenvalue weighted by Crippen LogP contribution is -2.11. The lowest BCUT2D eigenvalue weighted by atomic mass is 9.90. The number of nitrogens with zero attached hydrogens (tertiary/aromatic N) is 2. The average molecular weight is 1070 g/mol. The predicted molar refractivity (Wildman–Crippen MR) is 346 cm³/mol. The molecule has 3 heteroatoms. The number of hydrogen-bond donors (Lipinski definition) is 0. The Balaban J connectivity index is 1.05. The second-order valence-electron chi connectivity index (χ2n) is 21.3. The highest BCUT2D eigenvalue weighted by Gasteiger charge is 2.36. The van der Waals surface area contributed by atoms with Gasteiger partial charge < -0.3 is 9.13 Å². The highest BCUT2D eigenvalue weighted by molar-refractivity contribution is 8.34. The van der Waals surface area contributed by atoms with Crippen molar-refractivity contribution in [3.63, 3.8) is 0 Å². The van der Waals surface area contributed by atoms with Crippen molar-refractivity contribution in [3.05, 3.63) is 320 Å². The summed E-state index contributed by atoms with van der Waals surface area (Å²) in [5.74, 6) is 6.93. The van der Waals surface area contributed by atoms with Crippen molar-refractivity contribution >= 4 is 60.0 Å². The number of rotatable bonds is 11. The molecule has 2 aliphatic rings. The lowest BCUT2D eigenvalue weighted by molar-refractivity contribution is 0.896. The van der Waals surface area contributed by atoms with E-state index in [1.54, 1.807) is 0 Å². The maximum absolute atomic E-state index is 3.57. The van der Waals surface area contributed by atoms with E-state index >= 15 is 0 Å². The fourth-order valence-corrected chi connectivity index (χ4v) is 16.9. The first-order valence-electron chi connectivity index (χ1n) is 28.4. The van der Waals surface area contributed by atoms with Crippen LogP contribution in [0.3, 0.4) is 0 Å². The topological polar surface area (TPSA) is 9.86 Å². The van der Waals surface area contributed by atoms with Crippen LogP contribution in [-0.2, 0) is 6.42 Å². The molecule has 0 fully saturated rings. The van der Waals surface area contributed by atoms with E-state index in [1.165, 1.54) is 119 Å². The Labute approximate surface area is 481 Å². The minimum Gasteiger partial charge on any atom is -0.312 e. The van der Waals surface area contributed by atoms with Gasteiger partial charge in [0.1, 0.15) is 0 Å². The summed E-state index contributed by atoms with van der Waals surface area (Å²) in [6.07, 6.45) is 11.3. The molecule has 82 heavy (non-hydrogen) atoms. The molecule has 0 saturated carbocycles. The lowest BCUT2D eigenvalue weighted by Gasteiger charge is -2.43. The Bertz CT molecular complexity index is 4690. The van der Waals surface area contributed by atoms with Crippen LogP contribution in [0.5, 0.6) is 0 Å². The maximum atomic E-state index is 3.57. The van der Waals surface area contributed by atoms with Gasteiger partial charge in [-0.05, 0) is 154 Å². The number of benzene rings is 11. The molecular weight excluding hydrogens is 1010 g/mol. The molecule has 11 aromatic carbocycles. The number of fused-ring (bicyclic) bond motifs is 6. The zero-order chi connectivity index (χ0) is 54.4. The summed E-state index contributed by atoms with van der Waals surface area (Å²) in [6.45, 7) is 0. The van der Waals surface area contributed by atoms with E-state index in [9.17, 15) is 0 Å². The van der Waals surface area contributed by atoms with Gasteiger partial charge in [-0.2, -0.15) is 0 Å². The van der Waals surface area contributed by atoms with E-state index in [0.717, 1.165) is 24.1 Å². The quantitative estimate of drug-likeness (QED) is 0.114. The van der Waals surface area contributed by atoms with Gasteiger partial charge in [-0.25, -0.2) is 0 Å². The van der Waals surface area contributed by atoms with Gasteiger partial charge in [-0.3, -0.25) is 0 Å². The summed E-state index contributed by atoms with van der Waals surface area (Å²) in [4.78, 5) is 5.08. The van der Waals surface area contributed by atoms with Gasteiger partial charge in [-0.15, -0.1) is 10.0 Å². The van der Waals surface area contributed by atoms with Crippen molar-refractivity contribution in [1.82, 2.24) is 9.13 Å². The zero-order valence-corrected chi connectivity index (χ0v) is 46.1. The molecule has 0 aliphatic heterocycles. The average Bonchev–Trinajstić information content (AvgIpc) is 3.12. The third kappa shape index (κ3) is 8.38. The van der Waals surface area contributed by atoms with Crippen molar-refractivity contribution in [1.29, 1.82) is 0 Å². The molecule has 0 unspecified atom stereocenters. The molecule has 0 radical (unpaired) electrons. The van der Waals surface area contributed by atoms with Gasteiger partial charge in [0.25, 0.3) is 0 Å². The van der Waals surface area contributed by atoms with E-state index in [2.05, 4.69) is 318 Å². The fourth-order valence-electron chi connectivity index (χ4n) is 12.9. The summed E-state index contributed by atoms with van der Waals surface area (Å²) in [6, 6.07) is 104. The minimum atomic E-state index is -2.21. The highest BCUT2D eigenvalue weighted by Crippen LogP contribution is 2.74. The molecule has 388 valence electrons. The van der Waals surface area contributed by atoms with Crippen molar-refractivity contribution in [3.8, 4) is 56.6 Å². The van der Waals surface area contributed by atoms with Crippen molar-refractivity contribution in [2.24, 2.45) is 0 Å². The Morgan fingerprint density at radius 2 is 0.902 bits per heavy atom. The summed E-state index contributed by atoms with van der Waals surface area (Å²) in [5, 5.41) is 3.70. The number of hydrogen-bond acceptors (Lipinski definition) is 0. The van der Waals surface area contributed by atoms with Crippen molar-refractivity contribution in [2.45, 2.75) is 38.8 Å². The Morgan fingerprint density at radius 3 is 1.60 bits per heavy atom. The largest absolute Gasteiger partial charge is 0.312 e. The second-order valence-corrected chi connectivity index (χ2v) is 24.4. The number of para-hydroxylation sites is 1. The van der Waals surface area contributed by atoms with Crippen molar-refractivity contribution in [2.75, 3.05) is 0 Å². The van der Waals surface area contributed by atoms with Crippen LogP contribution in [0.4, 0.5) is 0 Å². The molecule has 0 spiro atoms. The monoisotopic (exact) mass is 1060 g/mol. The molecule has 2 aromatic heterocycles. The van der Waals surface area contributed by atoms with Gasteiger partial charge in [0, 0.05) is 70.2 Å². The Kier molecular flexibility index (Phi) is 12.4.